The molecule has 0 atom stereocenters. The molecule has 1 fully saturated rings. The first-order valence-corrected chi connectivity index (χ1v) is 5.12. The van der Waals surface area contributed by atoms with Gasteiger partial charge in [0.2, 0.25) is 5.91 Å². The first-order valence-electron chi connectivity index (χ1n) is 5.12. The van der Waals surface area contributed by atoms with Crippen molar-refractivity contribution in [3.63, 3.8) is 0 Å². The SMILES string of the molecule is CN1CCN(c2cc(N)ccc2F)CC1=O. The second-order valence-corrected chi connectivity index (χ2v) is 3.95. The maximum Gasteiger partial charge on any atom is 0.241 e. The molecule has 1 aromatic carbocycles. The van der Waals surface area contributed by atoms with Crippen LogP contribution in [0.2, 0.25) is 0 Å². The molecule has 0 spiro atoms. The van der Waals surface area contributed by atoms with Crippen LogP contribution in [0.15, 0.2) is 18.2 Å². The lowest BCUT2D eigenvalue weighted by atomic mass is 10.2. The van der Waals surface area contributed by atoms with E-state index in [0.29, 0.717) is 24.5 Å². The largest absolute Gasteiger partial charge is 0.399 e. The van der Waals surface area contributed by atoms with Gasteiger partial charge in [0.15, 0.2) is 0 Å². The van der Waals surface area contributed by atoms with Crippen LogP contribution in [0, 0.1) is 5.82 Å². The highest BCUT2D eigenvalue weighted by Crippen LogP contribution is 2.23. The number of nitrogen functional groups attached to an aromatic ring is 1. The van der Waals surface area contributed by atoms with Gasteiger partial charge < -0.3 is 15.5 Å². The molecule has 4 nitrogen and oxygen atoms in total. The Balaban J connectivity index is 2.24. The van der Waals surface area contributed by atoms with Crippen molar-refractivity contribution < 1.29 is 9.18 Å². The number of nitrogens with zero attached hydrogens (tertiary/aromatic N) is 2. The molecule has 1 aromatic rings. The average molecular weight is 223 g/mol. The second kappa shape index (κ2) is 4.00. The van der Waals surface area contributed by atoms with E-state index in [0.717, 1.165) is 0 Å². The number of rotatable bonds is 1. The summed E-state index contributed by atoms with van der Waals surface area (Å²) in [7, 11) is 1.75. The second-order valence-electron chi connectivity index (χ2n) is 3.95. The van der Waals surface area contributed by atoms with Crippen molar-refractivity contribution >= 4 is 17.3 Å². The Hall–Kier alpha value is -1.78. The molecule has 0 unspecified atom stereocenters. The topological polar surface area (TPSA) is 49.6 Å². The van der Waals surface area contributed by atoms with Crippen LogP contribution < -0.4 is 10.6 Å². The van der Waals surface area contributed by atoms with E-state index in [9.17, 15) is 9.18 Å². The lowest BCUT2D eigenvalue weighted by Crippen LogP contribution is -2.48. The molecule has 5 heteroatoms. The molecule has 2 N–H and O–H groups in total. The van der Waals surface area contributed by atoms with Crippen molar-refractivity contribution in [2.75, 3.05) is 37.3 Å². The fourth-order valence-corrected chi connectivity index (χ4v) is 1.74. The smallest absolute Gasteiger partial charge is 0.241 e. The number of anilines is 2. The van der Waals surface area contributed by atoms with Crippen molar-refractivity contribution in [2.24, 2.45) is 0 Å². The first kappa shape index (κ1) is 10.7. The van der Waals surface area contributed by atoms with Gasteiger partial charge >= 0.3 is 0 Å². The van der Waals surface area contributed by atoms with Crippen LogP contribution in [0.4, 0.5) is 15.8 Å². The van der Waals surface area contributed by atoms with Gasteiger partial charge in [-0.2, -0.15) is 0 Å². The van der Waals surface area contributed by atoms with E-state index >= 15 is 0 Å². The summed E-state index contributed by atoms with van der Waals surface area (Å²) in [5, 5.41) is 0. The number of carbonyl (C=O) groups excluding carboxylic acids is 1. The Kier molecular flexibility index (Phi) is 2.68. The first-order chi connectivity index (χ1) is 7.58. The van der Waals surface area contributed by atoms with Crippen LogP contribution in [-0.2, 0) is 4.79 Å². The predicted molar refractivity (Wildman–Crippen MR) is 60.7 cm³/mol. The van der Waals surface area contributed by atoms with Crippen LogP contribution in [0.3, 0.4) is 0 Å². The van der Waals surface area contributed by atoms with Gasteiger partial charge in [-0.15, -0.1) is 0 Å². The van der Waals surface area contributed by atoms with Crippen molar-refractivity contribution in [1.29, 1.82) is 0 Å². The normalized spacial score (nSPS) is 16.8. The van der Waals surface area contributed by atoms with Crippen molar-refractivity contribution in [2.45, 2.75) is 0 Å². The molecule has 1 aliphatic heterocycles. The van der Waals surface area contributed by atoms with Crippen LogP contribution >= 0.6 is 0 Å². The summed E-state index contributed by atoms with van der Waals surface area (Å²) in [6, 6.07) is 4.40. The van der Waals surface area contributed by atoms with Crippen molar-refractivity contribution in [3.8, 4) is 0 Å². The molecule has 0 aromatic heterocycles. The minimum Gasteiger partial charge on any atom is -0.399 e. The molecule has 0 radical (unpaired) electrons. The van der Waals surface area contributed by atoms with Gasteiger partial charge in [0.05, 0.1) is 12.2 Å². The number of hydrogen-bond donors (Lipinski definition) is 1. The molecule has 1 heterocycles. The number of likely N-dealkylation sites (N-methyl/N-ethyl adjacent to an activating group) is 1. The number of piperazine rings is 1. The highest BCUT2D eigenvalue weighted by atomic mass is 19.1. The maximum atomic E-state index is 13.6. The zero-order valence-corrected chi connectivity index (χ0v) is 9.11. The van der Waals surface area contributed by atoms with Crippen LogP contribution in [0.1, 0.15) is 0 Å². The fraction of sp³-hybridized carbons (Fsp3) is 0.364. The van der Waals surface area contributed by atoms with Gasteiger partial charge in [-0.3, -0.25) is 4.79 Å². The third-order valence-electron chi connectivity index (χ3n) is 2.77. The van der Waals surface area contributed by atoms with Crippen molar-refractivity contribution in [3.05, 3.63) is 24.0 Å². The third kappa shape index (κ3) is 1.93. The highest BCUT2D eigenvalue weighted by molar-refractivity contribution is 5.82. The number of hydrogen-bond acceptors (Lipinski definition) is 3. The van der Waals surface area contributed by atoms with Crippen molar-refractivity contribution in [1.82, 2.24) is 4.90 Å². The summed E-state index contributed by atoms with van der Waals surface area (Å²) >= 11 is 0. The zero-order valence-electron chi connectivity index (χ0n) is 9.11. The standard InChI is InChI=1S/C11H14FN3O/c1-14-4-5-15(7-11(14)16)10-6-8(13)2-3-9(10)12/h2-3,6H,4-5,7,13H2,1H3. The van der Waals surface area contributed by atoms with E-state index < -0.39 is 0 Å². The number of benzene rings is 1. The lowest BCUT2D eigenvalue weighted by Gasteiger charge is -2.33. The summed E-state index contributed by atoms with van der Waals surface area (Å²) in [6.45, 7) is 1.44. The van der Waals surface area contributed by atoms with Crippen LogP contribution in [0.25, 0.3) is 0 Å². The molecule has 86 valence electrons. The van der Waals surface area contributed by atoms with E-state index in [2.05, 4.69) is 0 Å². The monoisotopic (exact) mass is 223 g/mol. The highest BCUT2D eigenvalue weighted by Gasteiger charge is 2.23. The van der Waals surface area contributed by atoms with Gasteiger partial charge in [-0.1, -0.05) is 0 Å². The molecular formula is C11H14FN3O. The van der Waals surface area contributed by atoms with Crippen LogP contribution in [0.5, 0.6) is 0 Å². The Labute approximate surface area is 93.4 Å². The number of halogens is 1. The summed E-state index contributed by atoms with van der Waals surface area (Å²) in [6.07, 6.45) is 0. The van der Waals surface area contributed by atoms with Gasteiger partial charge in [0.25, 0.3) is 0 Å². The molecule has 2 rings (SSSR count). The minimum absolute atomic E-state index is 0.00641. The third-order valence-corrected chi connectivity index (χ3v) is 2.77. The minimum atomic E-state index is -0.341. The lowest BCUT2D eigenvalue weighted by molar-refractivity contribution is -0.129. The summed E-state index contributed by atoms with van der Waals surface area (Å²) in [5.74, 6) is -0.348. The number of carbonyl (C=O) groups is 1. The van der Waals surface area contributed by atoms with Gasteiger partial charge in [0.1, 0.15) is 5.82 Å². The molecule has 1 saturated heterocycles. The average Bonchev–Trinajstić information content (AvgIpc) is 2.26. The Morgan fingerprint density at radius 2 is 2.12 bits per heavy atom. The summed E-state index contributed by atoms with van der Waals surface area (Å²) < 4.78 is 13.6. The van der Waals surface area contributed by atoms with E-state index in [1.807, 2.05) is 0 Å². The molecule has 0 aliphatic carbocycles. The summed E-state index contributed by atoms with van der Waals surface area (Å²) in [5.41, 5.74) is 6.51. The molecule has 1 aliphatic rings. The van der Waals surface area contributed by atoms with Crippen LogP contribution in [-0.4, -0.2) is 37.5 Å². The Morgan fingerprint density at radius 1 is 1.38 bits per heavy atom. The van der Waals surface area contributed by atoms with Gasteiger partial charge in [-0.25, -0.2) is 4.39 Å². The molecule has 0 bridgehead atoms. The van der Waals surface area contributed by atoms with E-state index in [1.165, 1.54) is 12.1 Å². The number of nitrogens with two attached hydrogens (primary N) is 1. The summed E-state index contributed by atoms with van der Waals surface area (Å²) in [4.78, 5) is 14.9. The molecule has 1 amide bonds. The molecule has 16 heavy (non-hydrogen) atoms. The van der Waals surface area contributed by atoms with E-state index in [-0.39, 0.29) is 18.3 Å². The predicted octanol–water partition coefficient (Wildman–Crippen LogP) is 0.686. The van der Waals surface area contributed by atoms with E-state index in [4.69, 9.17) is 5.73 Å². The maximum absolute atomic E-state index is 13.6. The van der Waals surface area contributed by atoms with E-state index in [1.54, 1.807) is 22.9 Å². The number of amides is 1. The van der Waals surface area contributed by atoms with Gasteiger partial charge in [0, 0.05) is 25.8 Å². The molecular weight excluding hydrogens is 209 g/mol. The van der Waals surface area contributed by atoms with Gasteiger partial charge in [-0.05, 0) is 18.2 Å². The quantitative estimate of drug-likeness (QED) is 0.712. The Morgan fingerprint density at radius 3 is 2.81 bits per heavy atom. The fourth-order valence-electron chi connectivity index (χ4n) is 1.74. The molecule has 0 saturated carbocycles. The zero-order chi connectivity index (χ0) is 11.7. The Bertz CT molecular complexity index is 422.